The van der Waals surface area contributed by atoms with E-state index in [9.17, 15) is 26.4 Å². The highest BCUT2D eigenvalue weighted by Gasteiger charge is 2.38. The van der Waals surface area contributed by atoms with E-state index in [2.05, 4.69) is 34.1 Å². The van der Waals surface area contributed by atoms with Crippen molar-refractivity contribution in [3.63, 3.8) is 0 Å². The van der Waals surface area contributed by atoms with Crippen molar-refractivity contribution in [1.82, 2.24) is 14.9 Å². The molecule has 3 heterocycles. The van der Waals surface area contributed by atoms with Crippen molar-refractivity contribution in [1.29, 1.82) is 0 Å². The highest BCUT2D eigenvalue weighted by atomic mass is 32.3. The van der Waals surface area contributed by atoms with Crippen LogP contribution in [0.1, 0.15) is 39.2 Å². The summed E-state index contributed by atoms with van der Waals surface area (Å²) in [6.45, 7) is 5.73. The van der Waals surface area contributed by atoms with Crippen LogP contribution < -0.4 is 9.62 Å². The van der Waals surface area contributed by atoms with Crippen LogP contribution in [-0.2, 0) is 25.7 Å². The summed E-state index contributed by atoms with van der Waals surface area (Å²) >= 11 is 1.14. The lowest BCUT2D eigenvalue weighted by Crippen LogP contribution is -2.44. The molecule has 1 amide bonds. The Bertz CT molecular complexity index is 1270. The number of hydrogen-bond acceptors (Lipinski definition) is 9. The van der Waals surface area contributed by atoms with Crippen molar-refractivity contribution in [3.8, 4) is 0 Å². The van der Waals surface area contributed by atoms with Crippen LogP contribution in [0.25, 0.3) is 0 Å². The molecule has 16 heteroatoms. The predicted octanol–water partition coefficient (Wildman–Crippen LogP) is 5.23. The molecule has 1 aliphatic rings. The Labute approximate surface area is 245 Å². The summed E-state index contributed by atoms with van der Waals surface area (Å²) in [5.74, 6) is 0.762. The van der Waals surface area contributed by atoms with E-state index in [-0.39, 0.29) is 24.2 Å². The van der Waals surface area contributed by atoms with Crippen molar-refractivity contribution in [2.24, 2.45) is 0 Å². The van der Waals surface area contributed by atoms with E-state index in [0.717, 1.165) is 27.6 Å². The number of anilines is 2. The molecule has 0 saturated carbocycles. The van der Waals surface area contributed by atoms with Crippen LogP contribution >= 0.6 is 21.4 Å². The number of alkyl halides is 3. The average Bonchev–Trinajstić information content (AvgIpc) is 3.36. The number of nitrogens with one attached hydrogen (secondary N) is 1. The third-order valence-corrected chi connectivity index (χ3v) is 9.56. The molecule has 0 aromatic carbocycles. The van der Waals surface area contributed by atoms with Crippen molar-refractivity contribution in [3.05, 3.63) is 28.7 Å². The largest absolute Gasteiger partial charge is 0.444 e. The minimum Gasteiger partial charge on any atom is -0.444 e. The van der Waals surface area contributed by atoms with Gasteiger partial charge in [0.15, 0.2) is 10.8 Å². The number of piperidine rings is 1. The molecule has 1 saturated heterocycles. The smallest absolute Gasteiger partial charge is 0.418 e. The van der Waals surface area contributed by atoms with Gasteiger partial charge in [0.25, 0.3) is 10.0 Å². The van der Waals surface area contributed by atoms with E-state index < -0.39 is 55.2 Å². The number of amides is 1. The van der Waals surface area contributed by atoms with Gasteiger partial charge in [-0.25, -0.2) is 29.1 Å². The second-order valence-corrected chi connectivity index (χ2v) is 18.6. The quantitative estimate of drug-likeness (QED) is 0.277. The summed E-state index contributed by atoms with van der Waals surface area (Å²) in [6, 6.07) is 0.149. The Morgan fingerprint density at radius 3 is 2.37 bits per heavy atom. The first-order valence-electron chi connectivity index (χ1n) is 12.8. The fourth-order valence-corrected chi connectivity index (χ4v) is 6.30. The molecule has 0 spiro atoms. The fraction of sp³-hybridized carbons (Fsp3) is 0.640. The Balaban J connectivity index is 1.79. The molecule has 2 aromatic rings. The first-order valence-corrected chi connectivity index (χ1v) is 18.2. The van der Waals surface area contributed by atoms with Crippen LogP contribution in [0.15, 0.2) is 28.2 Å². The lowest BCUT2D eigenvalue weighted by atomic mass is 10.0. The van der Waals surface area contributed by atoms with E-state index in [1.54, 1.807) is 20.8 Å². The van der Waals surface area contributed by atoms with Gasteiger partial charge in [0.2, 0.25) is 0 Å². The van der Waals surface area contributed by atoms with Crippen LogP contribution in [0, 0.1) is 0 Å². The number of likely N-dealkylation sites (tertiary alicyclic amines) is 1. The minimum atomic E-state index is -4.86. The molecule has 0 unspecified atom stereocenters. The molecule has 1 N–H and O–H groups in total. The zero-order valence-corrected chi connectivity index (χ0v) is 26.5. The summed E-state index contributed by atoms with van der Waals surface area (Å²) in [5, 5.41) is 3.55. The van der Waals surface area contributed by atoms with E-state index in [1.807, 2.05) is 0 Å². The first kappa shape index (κ1) is 33.2. The number of ether oxygens (including phenoxy) is 2. The Morgan fingerprint density at radius 2 is 1.83 bits per heavy atom. The molecule has 41 heavy (non-hydrogen) atoms. The Morgan fingerprint density at radius 1 is 1.17 bits per heavy atom. The van der Waals surface area contributed by atoms with Crippen LogP contribution in [-0.4, -0.2) is 92.0 Å². The number of hydrogen-bond donors (Lipinski definition) is 1. The standard InChI is InChI=1S/C25H38F3N5O5S3/c1-24(2,3)38-23(34)32-9-7-18(8-10-32)31-20-14-29-22(13-19(20)25(26,27)28)41(35,36)33(21-15-39-16-30-21)17-37-11-12-40(4,5)6/h13-16,18,31H,7-12,17H2,1-6H3. The summed E-state index contributed by atoms with van der Waals surface area (Å²) in [5.41, 5.74) is -0.726. The number of halogens is 3. The molecule has 3 rings (SSSR count). The van der Waals surface area contributed by atoms with E-state index in [0.29, 0.717) is 32.0 Å². The van der Waals surface area contributed by atoms with Crippen LogP contribution in [0.4, 0.5) is 29.5 Å². The summed E-state index contributed by atoms with van der Waals surface area (Å²) in [4.78, 5) is 21.8. The molecule has 232 valence electrons. The van der Waals surface area contributed by atoms with Gasteiger partial charge in [-0.05, 0) is 58.4 Å². The number of carbonyl (C=O) groups excluding carboxylic acids is 1. The molecular weight excluding hydrogens is 604 g/mol. The number of nitrogens with zero attached hydrogens (tertiary/aromatic N) is 4. The van der Waals surface area contributed by atoms with E-state index in [1.165, 1.54) is 15.8 Å². The normalized spacial score (nSPS) is 16.0. The van der Waals surface area contributed by atoms with E-state index in [4.69, 9.17) is 9.47 Å². The van der Waals surface area contributed by atoms with Crippen LogP contribution in [0.2, 0.25) is 0 Å². The molecular formula is C25H38F3N5O5S3. The molecule has 10 nitrogen and oxygen atoms in total. The first-order chi connectivity index (χ1) is 18.9. The topological polar surface area (TPSA) is 114 Å². The number of sulfonamides is 1. The summed E-state index contributed by atoms with van der Waals surface area (Å²) in [7, 11) is -5.44. The fourth-order valence-electron chi connectivity index (χ4n) is 3.84. The number of pyridine rings is 1. The summed E-state index contributed by atoms with van der Waals surface area (Å²) < 4.78 is 81.3. The highest BCUT2D eigenvalue weighted by Crippen LogP contribution is 2.37. The Kier molecular flexibility index (Phi) is 10.5. The zero-order chi connectivity index (χ0) is 30.6. The van der Waals surface area contributed by atoms with Gasteiger partial charge in [-0.15, -0.1) is 11.3 Å². The van der Waals surface area contributed by atoms with Gasteiger partial charge in [0.1, 0.15) is 12.3 Å². The van der Waals surface area contributed by atoms with Gasteiger partial charge >= 0.3 is 12.3 Å². The third kappa shape index (κ3) is 9.61. The number of carbonyl (C=O) groups is 1. The zero-order valence-electron chi connectivity index (χ0n) is 24.0. The molecule has 1 aliphatic heterocycles. The van der Waals surface area contributed by atoms with Gasteiger partial charge < -0.3 is 19.7 Å². The van der Waals surface area contributed by atoms with Crippen molar-refractivity contribution in [2.45, 2.75) is 56.5 Å². The predicted molar refractivity (Wildman–Crippen MR) is 157 cm³/mol. The second kappa shape index (κ2) is 12.9. The molecule has 1 fully saturated rings. The van der Waals surface area contributed by atoms with Crippen LogP contribution in [0.5, 0.6) is 0 Å². The maximum atomic E-state index is 14.2. The number of aromatic nitrogens is 2. The molecule has 2 aromatic heterocycles. The molecule has 0 bridgehead atoms. The minimum absolute atomic E-state index is 0.0346. The molecule has 0 aliphatic carbocycles. The highest BCUT2D eigenvalue weighted by molar-refractivity contribution is 8.32. The maximum Gasteiger partial charge on any atom is 0.418 e. The van der Waals surface area contributed by atoms with Crippen molar-refractivity contribution < 1.29 is 35.9 Å². The number of rotatable bonds is 10. The third-order valence-electron chi connectivity index (χ3n) is 5.97. The van der Waals surface area contributed by atoms with Gasteiger partial charge in [-0.1, -0.05) is 0 Å². The van der Waals surface area contributed by atoms with Gasteiger partial charge in [-0.3, -0.25) is 0 Å². The molecule has 0 radical (unpaired) electrons. The van der Waals surface area contributed by atoms with Gasteiger partial charge in [0.05, 0.1) is 29.6 Å². The molecule has 0 atom stereocenters. The van der Waals surface area contributed by atoms with Gasteiger partial charge in [-0.2, -0.15) is 21.6 Å². The van der Waals surface area contributed by atoms with Crippen LogP contribution in [0.3, 0.4) is 0 Å². The lowest BCUT2D eigenvalue weighted by Gasteiger charge is -2.34. The Hall–Kier alpha value is -2.30. The van der Waals surface area contributed by atoms with Crippen molar-refractivity contribution in [2.75, 3.05) is 60.6 Å². The van der Waals surface area contributed by atoms with Crippen molar-refractivity contribution >= 4 is 49.0 Å². The SMILES string of the molecule is CC(C)(C)OC(=O)N1CCC(Nc2cnc(S(=O)(=O)N(COCCS(C)(C)C)c3cscn3)cc2C(F)(F)F)CC1. The number of thiazole rings is 1. The average molecular weight is 642 g/mol. The monoisotopic (exact) mass is 641 g/mol. The van der Waals surface area contributed by atoms with Gasteiger partial charge in [0, 0.05) is 30.3 Å². The maximum absolute atomic E-state index is 14.2. The lowest BCUT2D eigenvalue weighted by molar-refractivity contribution is -0.137. The van der Waals surface area contributed by atoms with E-state index >= 15 is 0 Å². The second-order valence-electron chi connectivity index (χ2n) is 11.5. The summed E-state index contributed by atoms with van der Waals surface area (Å²) in [6.07, 6.45) is 2.58.